The molecule has 0 amide bonds. The van der Waals surface area contributed by atoms with Gasteiger partial charge in [0.1, 0.15) is 220 Å². The molecule has 9 heterocycles. The number of aliphatic hydroxyl groups excluding tert-OH is 28. The summed E-state index contributed by atoms with van der Waals surface area (Å²) in [4.78, 5) is 0. The molecule has 49 heteroatoms. The molecular weight excluding hydrogens is 1520 g/mol. The summed E-state index contributed by atoms with van der Waals surface area (Å²) in [6.45, 7) is -9.64. The first-order chi connectivity index (χ1) is 51.9. The van der Waals surface area contributed by atoms with Crippen molar-refractivity contribution < 1.29 is 238 Å². The van der Waals surface area contributed by atoms with E-state index in [4.69, 9.17) is 94.7 Å². The number of aliphatic hydroxyl groups is 28. The summed E-state index contributed by atoms with van der Waals surface area (Å²) in [5, 5.41) is 306. The number of rotatable bonds is 34. The van der Waals surface area contributed by atoms with Gasteiger partial charge in [0.15, 0.2) is 56.6 Å². The molecule has 0 aliphatic carbocycles. The van der Waals surface area contributed by atoms with Gasteiger partial charge < -0.3 is 238 Å². The van der Waals surface area contributed by atoms with Crippen molar-refractivity contribution in [3.8, 4) is 0 Å². The fourth-order valence-corrected chi connectivity index (χ4v) is 13.5. The second kappa shape index (κ2) is 41.7. The second-order valence-electron chi connectivity index (χ2n) is 27.1. The lowest BCUT2D eigenvalue weighted by atomic mass is 9.95. The van der Waals surface area contributed by atoms with Gasteiger partial charge in [0.05, 0.1) is 92.5 Å². The van der Waals surface area contributed by atoms with Gasteiger partial charge >= 0.3 is 0 Å². The van der Waals surface area contributed by atoms with Gasteiger partial charge in [-0.15, -0.1) is 0 Å². The zero-order valence-electron chi connectivity index (χ0n) is 57.7. The van der Waals surface area contributed by atoms with Crippen LogP contribution in [-0.4, -0.2) is 518 Å². The van der Waals surface area contributed by atoms with Crippen LogP contribution in [0.25, 0.3) is 0 Å². The molecule has 0 aromatic rings. The lowest BCUT2D eigenvalue weighted by Gasteiger charge is -2.50. The van der Waals surface area contributed by atoms with Crippen molar-refractivity contribution in [2.75, 3.05) is 98.2 Å². The smallest absolute Gasteiger partial charge is 0.187 e. The van der Waals surface area contributed by atoms with Crippen LogP contribution in [0.4, 0.5) is 0 Å². The standard InChI is InChI=1S/C60H104O48S/c61-7-16-25(68)34(77)42(85)54(94-16)105-48-38(81)28(71)20(11-65)99-59(48)104-47-32(75)22(13-67)97-57(51(47)108-56-44(87)36(79)27(70)18(9-63)96-56)93-14-23-31(74)37(80)41(84)52(101-23)92-15-24-33(76)46(45(88)53(102-24)91-4-3-89-1-2-90-5-6-109)103-58-50(40(83)30(73)19(10-64)98-58)107-60-49(39(82)29(72)21(12-66)100-60)106-55-43(86)35(78)26(69)17(8-62)95-55/h16-88,109H,1-15H2/t16-,17-,18-,19-,20-,21-,22-,23-,24-,25-,26-,27-,28-,29-,30-,31-,32-,33-,34+,35+,36+,37+,38+,39+,40+,41+,42+,43+,44+,45+,46+,47+,48+,49+,50+,51+,52+,53+,54-,55-,56-,57+,58-,59-,60-/m1/s1. The average molecular weight is 1630 g/mol. The topological polar surface area (TPSA) is 751 Å². The van der Waals surface area contributed by atoms with E-state index >= 15 is 0 Å². The molecule has 9 fully saturated rings. The van der Waals surface area contributed by atoms with Gasteiger partial charge in [-0.05, 0) is 0 Å². The SMILES string of the molecule is OC[C@H]1O[C@H](O[C@@H]2[C@@H](O[C@@H]3[C@@H](O[C@@H]4[C@H](O)[C@@H](OCCOCCOCCS)O[C@H](CO[C@H]5O[C@H](CO[C@H]6O[C@H](CO)[C@@H](O)[C@H](O[C@H]7O[C@H](CO)[C@@H](O)[C@H](O)[C@@H]7O[C@H]7O[C@H](CO)[C@@H](O)[C@H](O)[C@@H]7O)[C@@H]6O[C@H]6O[C@H](CO)[C@@H](O)[C@H](O)[C@@H]6O)[C@@H](O)[C@H](O)[C@@H]5O)[C@H]4O)O[C@H](CO)[C@@H](O)[C@@H]3O)O[C@H](CO)[C@@H](O)[C@@H]2O)[C@@H](O)[C@@H](O)[C@@H]1O. The van der Waals surface area contributed by atoms with Gasteiger partial charge in [0.25, 0.3) is 0 Å². The highest BCUT2D eigenvalue weighted by Crippen LogP contribution is 2.40. The summed E-state index contributed by atoms with van der Waals surface area (Å²) in [6, 6.07) is 0. The molecule has 48 nitrogen and oxygen atoms in total. The van der Waals surface area contributed by atoms with Crippen LogP contribution in [-0.2, 0) is 94.7 Å². The molecule has 109 heavy (non-hydrogen) atoms. The van der Waals surface area contributed by atoms with Crippen LogP contribution < -0.4 is 0 Å². The van der Waals surface area contributed by atoms with E-state index in [0.29, 0.717) is 5.75 Å². The first kappa shape index (κ1) is 91.3. The molecule has 45 atom stereocenters. The maximum absolute atomic E-state index is 12.2. The van der Waals surface area contributed by atoms with Crippen molar-refractivity contribution in [1.82, 2.24) is 0 Å². The number of ether oxygens (including phenoxy) is 20. The highest BCUT2D eigenvalue weighted by Gasteiger charge is 2.60. The Kier molecular flexibility index (Phi) is 34.9. The van der Waals surface area contributed by atoms with Gasteiger partial charge in [-0.25, -0.2) is 0 Å². The Hall–Kier alpha value is -1.57. The van der Waals surface area contributed by atoms with E-state index in [0.717, 1.165) is 0 Å². The lowest BCUT2D eigenvalue weighted by Crippen LogP contribution is -2.68. The minimum Gasteiger partial charge on any atom is -0.394 e. The average Bonchev–Trinajstić information content (AvgIpc) is 0.771. The molecule has 638 valence electrons. The molecule has 0 bridgehead atoms. The third-order valence-corrected chi connectivity index (χ3v) is 20.0. The van der Waals surface area contributed by atoms with Crippen molar-refractivity contribution in [1.29, 1.82) is 0 Å². The normalized spacial score (nSPS) is 50.2. The summed E-state index contributed by atoms with van der Waals surface area (Å²) in [5.41, 5.74) is 0. The van der Waals surface area contributed by atoms with Crippen LogP contribution in [0.3, 0.4) is 0 Å². The van der Waals surface area contributed by atoms with Crippen LogP contribution in [0.1, 0.15) is 0 Å². The highest BCUT2D eigenvalue weighted by molar-refractivity contribution is 7.80. The van der Waals surface area contributed by atoms with Crippen LogP contribution in [0.5, 0.6) is 0 Å². The van der Waals surface area contributed by atoms with E-state index in [2.05, 4.69) is 12.6 Å². The number of thiol groups is 1. The Morgan fingerprint density at radius 2 is 0.440 bits per heavy atom. The zero-order valence-corrected chi connectivity index (χ0v) is 58.6. The Labute approximate surface area is 623 Å². The summed E-state index contributed by atoms with van der Waals surface area (Å²) < 4.78 is 116. The van der Waals surface area contributed by atoms with Crippen LogP contribution >= 0.6 is 12.6 Å². The van der Waals surface area contributed by atoms with E-state index in [9.17, 15) is 143 Å². The molecule has 28 N–H and O–H groups in total. The Bertz CT molecular complexity index is 2630. The molecule has 0 radical (unpaired) electrons. The molecule has 9 saturated heterocycles. The third-order valence-electron chi connectivity index (χ3n) is 19.8. The zero-order chi connectivity index (χ0) is 79.7. The van der Waals surface area contributed by atoms with Crippen LogP contribution in [0.2, 0.25) is 0 Å². The van der Waals surface area contributed by atoms with Gasteiger partial charge in [-0.3, -0.25) is 0 Å². The summed E-state index contributed by atoms with van der Waals surface area (Å²) in [5.74, 6) is 0.396. The van der Waals surface area contributed by atoms with Crippen molar-refractivity contribution in [3.05, 3.63) is 0 Å². The molecule has 9 rings (SSSR count). The van der Waals surface area contributed by atoms with Crippen molar-refractivity contribution >= 4 is 12.6 Å². The van der Waals surface area contributed by atoms with Gasteiger partial charge in [0.2, 0.25) is 0 Å². The summed E-state index contributed by atoms with van der Waals surface area (Å²) >= 11 is 4.07. The molecule has 0 saturated carbocycles. The molecular formula is C60H104O48S. The Morgan fingerprint density at radius 1 is 0.193 bits per heavy atom. The van der Waals surface area contributed by atoms with E-state index in [-0.39, 0.29) is 26.4 Å². The largest absolute Gasteiger partial charge is 0.394 e. The lowest BCUT2D eigenvalue weighted by molar-refractivity contribution is -0.407. The molecule has 0 unspecified atom stereocenters. The predicted octanol–water partition coefficient (Wildman–Crippen LogP) is -19.6. The molecule has 9 aliphatic rings. The molecule has 9 aliphatic heterocycles. The fraction of sp³-hybridized carbons (Fsp3) is 1.00. The fourth-order valence-electron chi connectivity index (χ4n) is 13.4. The van der Waals surface area contributed by atoms with Gasteiger partial charge in [-0.1, -0.05) is 0 Å². The quantitative estimate of drug-likeness (QED) is 0.0210. The van der Waals surface area contributed by atoms with E-state index in [1.54, 1.807) is 0 Å². The van der Waals surface area contributed by atoms with E-state index < -0.39 is 342 Å². The number of hydrogen-bond acceptors (Lipinski definition) is 49. The molecule has 0 spiro atoms. The Morgan fingerprint density at radius 3 is 0.826 bits per heavy atom. The maximum atomic E-state index is 12.2. The van der Waals surface area contributed by atoms with Gasteiger partial charge in [-0.2, -0.15) is 12.6 Å². The second-order valence-corrected chi connectivity index (χ2v) is 27.5. The van der Waals surface area contributed by atoms with Crippen LogP contribution in [0, 0.1) is 0 Å². The minimum absolute atomic E-state index is 0.0266. The van der Waals surface area contributed by atoms with E-state index in [1.165, 1.54) is 0 Å². The number of hydrogen-bond donors (Lipinski definition) is 29. The van der Waals surface area contributed by atoms with Crippen molar-refractivity contribution in [2.24, 2.45) is 0 Å². The summed E-state index contributed by atoms with van der Waals surface area (Å²) in [7, 11) is 0. The summed E-state index contributed by atoms with van der Waals surface area (Å²) in [6.07, 6.45) is -93.5. The predicted molar refractivity (Wildman–Crippen MR) is 336 cm³/mol. The molecule has 0 aromatic carbocycles. The highest BCUT2D eigenvalue weighted by atomic mass is 32.1. The third kappa shape index (κ3) is 20.8. The minimum atomic E-state index is -2.28. The maximum Gasteiger partial charge on any atom is 0.187 e. The Balaban J connectivity index is 0.967. The van der Waals surface area contributed by atoms with Crippen molar-refractivity contribution in [3.63, 3.8) is 0 Å². The first-order valence-electron chi connectivity index (χ1n) is 34.9. The van der Waals surface area contributed by atoms with Crippen LogP contribution in [0.15, 0.2) is 0 Å². The first-order valence-corrected chi connectivity index (χ1v) is 35.6. The monoisotopic (exact) mass is 1620 g/mol. The molecule has 0 aromatic heterocycles. The van der Waals surface area contributed by atoms with Crippen molar-refractivity contribution in [2.45, 2.75) is 276 Å². The van der Waals surface area contributed by atoms with E-state index in [1.807, 2.05) is 0 Å². The van der Waals surface area contributed by atoms with Gasteiger partial charge in [0, 0.05) is 5.75 Å².